The van der Waals surface area contributed by atoms with Crippen molar-refractivity contribution in [2.24, 2.45) is 5.92 Å². The molecular formula is C13H26O2. The van der Waals surface area contributed by atoms with Crippen LogP contribution >= 0.6 is 0 Å². The summed E-state index contributed by atoms with van der Waals surface area (Å²) in [6.07, 6.45) is 10.1. The summed E-state index contributed by atoms with van der Waals surface area (Å²) in [5.74, 6) is -0.152. The van der Waals surface area contributed by atoms with Crippen molar-refractivity contribution in [3.63, 3.8) is 0 Å². The standard InChI is InChI=1S/C13H26O2/c1-3-4-5-6-7-8-9-10-13(11-14)12(2)15/h11-13,15H,3-10H2,1-2H3. The lowest BCUT2D eigenvalue weighted by atomic mass is 9.97. The van der Waals surface area contributed by atoms with Crippen LogP contribution in [0.2, 0.25) is 0 Å². The van der Waals surface area contributed by atoms with Crippen LogP contribution < -0.4 is 0 Å². The number of aliphatic hydroxyl groups excluding tert-OH is 1. The van der Waals surface area contributed by atoms with Crippen molar-refractivity contribution >= 4 is 6.29 Å². The molecule has 0 spiro atoms. The van der Waals surface area contributed by atoms with Crippen LogP contribution in [-0.2, 0) is 4.79 Å². The average Bonchev–Trinajstić information content (AvgIpc) is 2.21. The lowest BCUT2D eigenvalue weighted by molar-refractivity contribution is -0.114. The van der Waals surface area contributed by atoms with Gasteiger partial charge in [-0.15, -0.1) is 0 Å². The van der Waals surface area contributed by atoms with E-state index in [1.807, 2.05) is 0 Å². The lowest BCUT2D eigenvalue weighted by Crippen LogP contribution is -2.17. The Hall–Kier alpha value is -0.370. The third-order valence-corrected chi connectivity index (χ3v) is 2.94. The summed E-state index contributed by atoms with van der Waals surface area (Å²) in [6, 6.07) is 0. The molecule has 0 aliphatic carbocycles. The fourth-order valence-electron chi connectivity index (χ4n) is 1.76. The fourth-order valence-corrected chi connectivity index (χ4v) is 1.76. The molecule has 2 atom stereocenters. The molecule has 2 heteroatoms. The fraction of sp³-hybridized carbons (Fsp3) is 0.923. The molecule has 2 unspecified atom stereocenters. The second-order valence-corrected chi connectivity index (χ2v) is 4.45. The molecule has 0 aliphatic heterocycles. The first-order valence-corrected chi connectivity index (χ1v) is 6.35. The summed E-state index contributed by atoms with van der Waals surface area (Å²) in [4.78, 5) is 10.6. The van der Waals surface area contributed by atoms with Gasteiger partial charge in [-0.2, -0.15) is 0 Å². The minimum Gasteiger partial charge on any atom is -0.393 e. The molecule has 0 amide bonds. The van der Waals surface area contributed by atoms with E-state index in [0.717, 1.165) is 19.1 Å². The normalized spacial score (nSPS) is 14.9. The molecule has 2 nitrogen and oxygen atoms in total. The van der Waals surface area contributed by atoms with Gasteiger partial charge in [0.1, 0.15) is 6.29 Å². The van der Waals surface area contributed by atoms with Crippen LogP contribution in [0.25, 0.3) is 0 Å². The SMILES string of the molecule is CCCCCCCCCC(C=O)C(C)O. The summed E-state index contributed by atoms with van der Waals surface area (Å²) < 4.78 is 0. The van der Waals surface area contributed by atoms with Crippen LogP contribution in [0.15, 0.2) is 0 Å². The van der Waals surface area contributed by atoms with E-state index in [2.05, 4.69) is 6.92 Å². The van der Waals surface area contributed by atoms with Gasteiger partial charge in [0.2, 0.25) is 0 Å². The maximum absolute atomic E-state index is 10.6. The van der Waals surface area contributed by atoms with Gasteiger partial charge in [0, 0.05) is 5.92 Å². The van der Waals surface area contributed by atoms with Crippen molar-refractivity contribution in [2.75, 3.05) is 0 Å². The third kappa shape index (κ3) is 8.61. The Morgan fingerprint density at radius 3 is 2.07 bits per heavy atom. The van der Waals surface area contributed by atoms with E-state index in [-0.39, 0.29) is 5.92 Å². The van der Waals surface area contributed by atoms with Crippen molar-refractivity contribution in [3.05, 3.63) is 0 Å². The maximum atomic E-state index is 10.6. The van der Waals surface area contributed by atoms with Gasteiger partial charge in [-0.25, -0.2) is 0 Å². The highest BCUT2D eigenvalue weighted by Crippen LogP contribution is 2.13. The number of hydrogen-bond acceptors (Lipinski definition) is 2. The molecule has 15 heavy (non-hydrogen) atoms. The zero-order chi connectivity index (χ0) is 11.5. The zero-order valence-electron chi connectivity index (χ0n) is 10.2. The number of carbonyl (C=O) groups is 1. The molecule has 0 saturated carbocycles. The molecular weight excluding hydrogens is 188 g/mol. The van der Waals surface area contributed by atoms with E-state index < -0.39 is 6.10 Å². The summed E-state index contributed by atoms with van der Waals surface area (Å²) in [7, 11) is 0. The number of carbonyl (C=O) groups excluding carboxylic acids is 1. The van der Waals surface area contributed by atoms with Crippen molar-refractivity contribution in [3.8, 4) is 0 Å². The largest absolute Gasteiger partial charge is 0.393 e. The highest BCUT2D eigenvalue weighted by atomic mass is 16.3. The Labute approximate surface area is 94.1 Å². The number of aliphatic hydroxyl groups is 1. The number of rotatable bonds is 10. The Bertz CT molecular complexity index is 143. The number of hydrogen-bond donors (Lipinski definition) is 1. The molecule has 1 N–H and O–H groups in total. The summed E-state index contributed by atoms with van der Waals surface area (Å²) in [6.45, 7) is 3.91. The monoisotopic (exact) mass is 214 g/mol. The topological polar surface area (TPSA) is 37.3 Å². The predicted molar refractivity (Wildman–Crippen MR) is 63.8 cm³/mol. The second-order valence-electron chi connectivity index (χ2n) is 4.45. The van der Waals surface area contributed by atoms with Crippen LogP contribution in [0.3, 0.4) is 0 Å². The highest BCUT2D eigenvalue weighted by Gasteiger charge is 2.12. The van der Waals surface area contributed by atoms with Crippen LogP contribution in [0.1, 0.15) is 65.2 Å². The summed E-state index contributed by atoms with van der Waals surface area (Å²) in [5, 5.41) is 9.25. The Morgan fingerprint density at radius 1 is 1.07 bits per heavy atom. The van der Waals surface area contributed by atoms with Gasteiger partial charge < -0.3 is 9.90 Å². The van der Waals surface area contributed by atoms with Crippen LogP contribution in [0.4, 0.5) is 0 Å². The first kappa shape index (κ1) is 14.6. The average molecular weight is 214 g/mol. The van der Waals surface area contributed by atoms with Gasteiger partial charge in [0.25, 0.3) is 0 Å². The van der Waals surface area contributed by atoms with Gasteiger partial charge in [0.05, 0.1) is 6.10 Å². The van der Waals surface area contributed by atoms with Gasteiger partial charge in [-0.3, -0.25) is 0 Å². The Morgan fingerprint density at radius 2 is 1.60 bits per heavy atom. The third-order valence-electron chi connectivity index (χ3n) is 2.94. The van der Waals surface area contributed by atoms with E-state index >= 15 is 0 Å². The smallest absolute Gasteiger partial charge is 0.125 e. The van der Waals surface area contributed by atoms with Gasteiger partial charge in [-0.05, 0) is 13.3 Å². The van der Waals surface area contributed by atoms with Gasteiger partial charge in [-0.1, -0.05) is 51.9 Å². The van der Waals surface area contributed by atoms with Crippen LogP contribution in [0.5, 0.6) is 0 Å². The molecule has 0 aromatic carbocycles. The lowest BCUT2D eigenvalue weighted by Gasteiger charge is -2.12. The van der Waals surface area contributed by atoms with Crippen LogP contribution in [0, 0.1) is 5.92 Å². The van der Waals surface area contributed by atoms with Crippen molar-refractivity contribution in [1.82, 2.24) is 0 Å². The highest BCUT2D eigenvalue weighted by molar-refractivity contribution is 5.54. The molecule has 0 aliphatic rings. The molecule has 90 valence electrons. The zero-order valence-corrected chi connectivity index (χ0v) is 10.2. The Kier molecular flexibility index (Phi) is 9.91. The predicted octanol–water partition coefficient (Wildman–Crippen LogP) is 3.32. The van der Waals surface area contributed by atoms with Gasteiger partial charge >= 0.3 is 0 Å². The minimum absolute atomic E-state index is 0.152. The molecule has 0 rings (SSSR count). The van der Waals surface area contributed by atoms with Crippen molar-refractivity contribution < 1.29 is 9.90 Å². The van der Waals surface area contributed by atoms with E-state index in [4.69, 9.17) is 0 Å². The number of unbranched alkanes of at least 4 members (excludes halogenated alkanes) is 6. The molecule has 0 heterocycles. The second kappa shape index (κ2) is 10.2. The van der Waals surface area contributed by atoms with Crippen LogP contribution in [-0.4, -0.2) is 17.5 Å². The summed E-state index contributed by atoms with van der Waals surface area (Å²) >= 11 is 0. The van der Waals surface area contributed by atoms with E-state index in [0.29, 0.717) is 0 Å². The quantitative estimate of drug-likeness (QED) is 0.447. The van der Waals surface area contributed by atoms with E-state index in [1.54, 1.807) is 6.92 Å². The number of aldehydes is 1. The first-order valence-electron chi connectivity index (χ1n) is 6.35. The maximum Gasteiger partial charge on any atom is 0.125 e. The minimum atomic E-state index is -0.484. The molecule has 0 aromatic rings. The van der Waals surface area contributed by atoms with Gasteiger partial charge in [0.15, 0.2) is 0 Å². The van der Waals surface area contributed by atoms with Crippen molar-refractivity contribution in [1.29, 1.82) is 0 Å². The Balaban J connectivity index is 3.25. The van der Waals surface area contributed by atoms with Crippen molar-refractivity contribution in [2.45, 2.75) is 71.3 Å². The molecule has 0 radical (unpaired) electrons. The summed E-state index contributed by atoms with van der Waals surface area (Å²) in [5.41, 5.74) is 0. The van der Waals surface area contributed by atoms with E-state index in [9.17, 15) is 9.90 Å². The first-order chi connectivity index (χ1) is 7.22. The molecule has 0 saturated heterocycles. The molecule has 0 aromatic heterocycles. The molecule has 0 fully saturated rings. The van der Waals surface area contributed by atoms with E-state index in [1.165, 1.54) is 38.5 Å². The molecule has 0 bridgehead atoms.